The van der Waals surface area contributed by atoms with Gasteiger partial charge in [-0.2, -0.15) is 0 Å². The zero-order valence-electron chi connectivity index (χ0n) is 38.2. The Bertz CT molecular complexity index is 3520. The molecular formula is C47H30N2S. The van der Waals surface area contributed by atoms with Crippen molar-refractivity contribution < 1.29 is 16.4 Å². The number of hydrogen-bond donors (Lipinski definition) is 0. The summed E-state index contributed by atoms with van der Waals surface area (Å²) in [6.45, 7) is 0. The van der Waals surface area contributed by atoms with Crippen molar-refractivity contribution in [2.75, 3.05) is 0 Å². The van der Waals surface area contributed by atoms with Crippen LogP contribution < -0.4 is 0 Å². The SMILES string of the molecule is [2H]c1c([2H])c([2H])c(-n2c3c([2H])c([2H])c([2H])c([2H])c3c3c([2H])c([2H])c(-c4cc(-c5ccc(-c6ccccc6)cc5)nc(-c5cccc6c5sc5ccccc56)c4)c([2H])c32)c([2H])c1[2H]. The van der Waals surface area contributed by atoms with E-state index in [0.29, 0.717) is 17.0 Å². The van der Waals surface area contributed by atoms with E-state index in [-0.39, 0.29) is 33.4 Å². The summed E-state index contributed by atoms with van der Waals surface area (Å²) in [5, 5.41) is 1.73. The van der Waals surface area contributed by atoms with Crippen LogP contribution in [-0.4, -0.2) is 9.55 Å². The fourth-order valence-corrected chi connectivity index (χ4v) is 7.83. The fraction of sp³-hybridized carbons (Fsp3) is 0. The normalized spacial score (nSPS) is 15.0. The van der Waals surface area contributed by atoms with E-state index in [1.807, 2.05) is 78.9 Å². The van der Waals surface area contributed by atoms with Gasteiger partial charge >= 0.3 is 0 Å². The molecule has 3 aromatic heterocycles. The monoisotopic (exact) mass is 666 g/mol. The van der Waals surface area contributed by atoms with E-state index in [9.17, 15) is 4.11 Å². The number of pyridine rings is 1. The topological polar surface area (TPSA) is 17.8 Å². The van der Waals surface area contributed by atoms with Crippen molar-refractivity contribution in [1.29, 1.82) is 0 Å². The molecule has 10 rings (SSSR count). The van der Waals surface area contributed by atoms with Crippen molar-refractivity contribution >= 4 is 53.3 Å². The van der Waals surface area contributed by atoms with Crippen LogP contribution in [0.2, 0.25) is 0 Å². The first-order valence-corrected chi connectivity index (χ1v) is 16.8. The molecule has 3 heteroatoms. The largest absolute Gasteiger partial charge is 0.309 e. The van der Waals surface area contributed by atoms with Crippen LogP contribution in [0.3, 0.4) is 0 Å². The minimum absolute atomic E-state index is 0.0384. The third-order valence-corrected chi connectivity index (χ3v) is 10.2. The summed E-state index contributed by atoms with van der Waals surface area (Å²) in [4.78, 5) is 5.19. The summed E-state index contributed by atoms with van der Waals surface area (Å²) < 4.78 is 110. The van der Waals surface area contributed by atoms with E-state index < -0.39 is 72.2 Å². The third kappa shape index (κ3) is 4.74. The van der Waals surface area contributed by atoms with Gasteiger partial charge in [0.2, 0.25) is 0 Å². The summed E-state index contributed by atoms with van der Waals surface area (Å²) in [5.41, 5.74) is 3.93. The average molecular weight is 667 g/mol. The third-order valence-electron chi connectivity index (χ3n) is 8.95. The van der Waals surface area contributed by atoms with Crippen LogP contribution in [0.4, 0.5) is 0 Å². The van der Waals surface area contributed by atoms with Crippen molar-refractivity contribution in [3.63, 3.8) is 0 Å². The molecule has 0 aliphatic rings. The Labute approximate surface area is 311 Å². The Kier molecular flexibility index (Phi) is 4.45. The van der Waals surface area contributed by atoms with Crippen LogP contribution in [0.5, 0.6) is 0 Å². The first-order valence-electron chi connectivity index (χ1n) is 22.0. The van der Waals surface area contributed by atoms with Gasteiger partial charge in [0.25, 0.3) is 0 Å². The molecular weight excluding hydrogens is 625 g/mol. The minimum atomic E-state index is -0.691. The molecule has 0 N–H and O–H groups in total. The first-order chi connectivity index (χ1) is 29.8. The fourth-order valence-electron chi connectivity index (χ4n) is 6.61. The van der Waals surface area contributed by atoms with Gasteiger partial charge in [0.1, 0.15) is 0 Å². The lowest BCUT2D eigenvalue weighted by Crippen LogP contribution is -1.94. The van der Waals surface area contributed by atoms with Gasteiger partial charge in [0, 0.05) is 47.8 Å². The molecule has 0 saturated heterocycles. The maximum absolute atomic E-state index is 9.94. The second-order valence-electron chi connectivity index (χ2n) is 11.9. The van der Waals surface area contributed by atoms with E-state index in [1.54, 1.807) is 23.5 Å². The predicted molar refractivity (Wildman–Crippen MR) is 213 cm³/mol. The lowest BCUT2D eigenvalue weighted by molar-refractivity contribution is 1.18. The number of hydrogen-bond acceptors (Lipinski definition) is 2. The highest BCUT2D eigenvalue weighted by atomic mass is 32.1. The van der Waals surface area contributed by atoms with Crippen molar-refractivity contribution in [1.82, 2.24) is 9.55 Å². The molecule has 0 radical (unpaired) electrons. The Hall–Kier alpha value is -6.29. The minimum Gasteiger partial charge on any atom is -0.309 e. The van der Waals surface area contributed by atoms with Crippen LogP contribution in [-0.2, 0) is 0 Å². The maximum atomic E-state index is 9.94. The number of nitrogens with zero attached hydrogens (tertiary/aromatic N) is 2. The molecule has 2 nitrogen and oxygen atoms in total. The highest BCUT2D eigenvalue weighted by molar-refractivity contribution is 7.26. The lowest BCUT2D eigenvalue weighted by atomic mass is 9.97. The second kappa shape index (κ2) is 11.7. The molecule has 0 bridgehead atoms. The summed E-state index contributed by atoms with van der Waals surface area (Å²) in [6, 6.07) is 28.3. The molecule has 234 valence electrons. The number of benzene rings is 7. The first kappa shape index (κ1) is 19.0. The molecule has 0 aliphatic heterocycles. The Balaban J connectivity index is 1.32. The van der Waals surface area contributed by atoms with Gasteiger partial charge in [-0.3, -0.25) is 0 Å². The summed E-state index contributed by atoms with van der Waals surface area (Å²) in [5.74, 6) is 0. The van der Waals surface area contributed by atoms with Crippen molar-refractivity contribution in [3.8, 4) is 50.5 Å². The summed E-state index contributed by atoms with van der Waals surface area (Å²) >= 11 is 1.62. The van der Waals surface area contributed by atoms with E-state index in [1.165, 1.54) is 0 Å². The van der Waals surface area contributed by atoms with E-state index >= 15 is 0 Å². The summed E-state index contributed by atoms with van der Waals surface area (Å²) in [6.07, 6.45) is 0. The Morgan fingerprint density at radius 3 is 2.06 bits per heavy atom. The highest BCUT2D eigenvalue weighted by Gasteiger charge is 2.17. The number of aromatic nitrogens is 2. The van der Waals surface area contributed by atoms with Crippen LogP contribution >= 0.6 is 11.3 Å². The van der Waals surface area contributed by atoms with Gasteiger partial charge in [-0.05, 0) is 64.6 Å². The van der Waals surface area contributed by atoms with Gasteiger partial charge in [-0.15, -0.1) is 11.3 Å². The van der Waals surface area contributed by atoms with Gasteiger partial charge in [0.15, 0.2) is 0 Å². The Morgan fingerprint density at radius 2 is 1.18 bits per heavy atom. The summed E-state index contributed by atoms with van der Waals surface area (Å²) in [7, 11) is 0. The molecule has 0 amide bonds. The van der Waals surface area contributed by atoms with Crippen LogP contribution in [0.25, 0.3) is 92.4 Å². The molecule has 0 unspecified atom stereocenters. The second-order valence-corrected chi connectivity index (χ2v) is 12.9. The van der Waals surface area contributed by atoms with Crippen molar-refractivity contribution in [2.24, 2.45) is 0 Å². The maximum Gasteiger partial charge on any atom is 0.0730 e. The van der Waals surface area contributed by atoms with Crippen LogP contribution in [0.15, 0.2) is 182 Å². The van der Waals surface area contributed by atoms with E-state index in [2.05, 4.69) is 18.2 Å². The number of rotatable bonds is 5. The van der Waals surface area contributed by atoms with Crippen LogP contribution in [0, 0.1) is 0 Å². The Morgan fingerprint density at radius 1 is 0.480 bits per heavy atom. The van der Waals surface area contributed by atoms with Gasteiger partial charge in [-0.1, -0.05) is 139 Å². The lowest BCUT2D eigenvalue weighted by Gasteiger charge is -2.13. The molecule has 0 atom stereocenters. The van der Waals surface area contributed by atoms with Gasteiger partial charge in [0.05, 0.1) is 38.9 Å². The molecule has 0 saturated carbocycles. The van der Waals surface area contributed by atoms with Crippen molar-refractivity contribution in [2.45, 2.75) is 0 Å². The average Bonchev–Trinajstić information content (AvgIpc) is 3.86. The van der Waals surface area contributed by atoms with Crippen molar-refractivity contribution in [3.05, 3.63) is 182 Å². The molecule has 3 heterocycles. The van der Waals surface area contributed by atoms with E-state index in [0.717, 1.165) is 47.0 Å². The standard InChI is InChI=1S/C47H30N2S/c1-3-12-31(13-4-1)32-22-24-33(25-23-32)42-28-35(29-43(48-42)41-19-11-18-40-39-17-8-10-21-46(39)50-47(40)41)34-26-27-38-37-16-7-9-20-44(37)49(45(38)30-34)36-14-5-2-6-15-36/h1-30H/i2D,5D,6D,7D,9D,14D,15D,16D,20D,26D,27D,30D. The number of thiophene rings is 1. The highest BCUT2D eigenvalue weighted by Crippen LogP contribution is 2.42. The molecule has 7 aromatic carbocycles. The molecule has 0 spiro atoms. The smallest absolute Gasteiger partial charge is 0.0730 e. The quantitative estimate of drug-likeness (QED) is 0.179. The molecule has 0 fully saturated rings. The zero-order valence-corrected chi connectivity index (χ0v) is 27.0. The molecule has 0 aliphatic carbocycles. The van der Waals surface area contributed by atoms with Crippen LogP contribution in [0.1, 0.15) is 16.4 Å². The molecule has 50 heavy (non-hydrogen) atoms. The van der Waals surface area contributed by atoms with E-state index in [4.69, 9.17) is 17.3 Å². The number of para-hydroxylation sites is 2. The van der Waals surface area contributed by atoms with Gasteiger partial charge < -0.3 is 4.57 Å². The number of fused-ring (bicyclic) bond motifs is 6. The van der Waals surface area contributed by atoms with Gasteiger partial charge in [-0.25, -0.2) is 4.98 Å². The molecule has 10 aromatic rings. The predicted octanol–water partition coefficient (Wildman–Crippen LogP) is 13.2. The zero-order chi connectivity index (χ0) is 43.5.